The highest BCUT2D eigenvalue weighted by atomic mass is 32.2. The van der Waals surface area contributed by atoms with E-state index < -0.39 is 16.5 Å². The zero-order valence-corrected chi connectivity index (χ0v) is 16.5. The lowest BCUT2D eigenvalue weighted by Crippen LogP contribution is -2.55. The van der Waals surface area contributed by atoms with Crippen LogP contribution in [0.25, 0.3) is 11.0 Å². The maximum absolute atomic E-state index is 12.8. The third kappa shape index (κ3) is 2.91. The van der Waals surface area contributed by atoms with Crippen molar-refractivity contribution in [2.75, 3.05) is 15.9 Å². The highest BCUT2D eigenvalue weighted by molar-refractivity contribution is 7.86. The number of hydrazine groups is 1. The third-order valence-electron chi connectivity index (χ3n) is 5.65. The molecule has 5 rings (SSSR count). The van der Waals surface area contributed by atoms with Crippen LogP contribution in [0.15, 0.2) is 41.4 Å². The zero-order chi connectivity index (χ0) is 20.0. The van der Waals surface area contributed by atoms with Crippen molar-refractivity contribution in [3.05, 3.63) is 36.5 Å². The number of rotatable bonds is 3. The molecule has 1 aliphatic carbocycles. The van der Waals surface area contributed by atoms with Crippen LogP contribution in [0.5, 0.6) is 0 Å². The Balaban J connectivity index is 1.54. The quantitative estimate of drug-likeness (QED) is 0.490. The molecular weight excluding hydrogens is 390 g/mol. The lowest BCUT2D eigenvalue weighted by atomic mass is 9.80. The monoisotopic (exact) mass is 411 g/mol. The van der Waals surface area contributed by atoms with Gasteiger partial charge in [-0.3, -0.25) is 24.9 Å². The zero-order valence-electron chi connectivity index (χ0n) is 15.6. The Hall–Kier alpha value is -3.14. The molecule has 0 bridgehead atoms. The summed E-state index contributed by atoms with van der Waals surface area (Å²) < 4.78 is 17.5. The molecule has 2 aromatic heterocycles. The Morgan fingerprint density at radius 2 is 1.90 bits per heavy atom. The number of fused-ring (bicyclic) bond motifs is 4. The normalized spacial score (nSPS) is 18.7. The highest BCUT2D eigenvalue weighted by Crippen LogP contribution is 2.42. The van der Waals surface area contributed by atoms with Gasteiger partial charge in [0.15, 0.2) is 11.0 Å². The minimum atomic E-state index is -1.53. The van der Waals surface area contributed by atoms with Gasteiger partial charge in [-0.25, -0.2) is 9.19 Å². The second kappa shape index (κ2) is 6.73. The first-order chi connectivity index (χ1) is 14.1. The first kappa shape index (κ1) is 17.9. The Morgan fingerprint density at radius 1 is 1.14 bits per heavy atom. The van der Waals surface area contributed by atoms with Crippen LogP contribution in [-0.2, 0) is 21.3 Å². The molecule has 10 heteroatoms. The van der Waals surface area contributed by atoms with Crippen molar-refractivity contribution in [1.29, 1.82) is 0 Å². The molecule has 0 saturated heterocycles. The van der Waals surface area contributed by atoms with E-state index in [1.165, 1.54) is 0 Å². The summed E-state index contributed by atoms with van der Waals surface area (Å²) in [5, 5.41) is 0.817. The Labute approximate surface area is 169 Å². The van der Waals surface area contributed by atoms with Crippen LogP contribution >= 0.6 is 0 Å². The standard InChI is InChI=1S/C19H21N7O2S/c20-13-4-6-14(7-5-13)29(28)25-18-21-11-12-10-15-23-24-17(27)19(8-2-1-3-9-19)26(15)16(12)22-18/h4-7,10-11,23H,1-3,8-9,20H2,(H,24,27)(H,21,22,25). The SMILES string of the molecule is Nc1ccc(S(=O)Nc2ncc3cc4n(c3n2)C2(CCCCC2)C(=O)NN4)cc1. The second-order valence-electron chi connectivity index (χ2n) is 7.45. The summed E-state index contributed by atoms with van der Waals surface area (Å²) in [6, 6.07) is 8.70. The van der Waals surface area contributed by atoms with E-state index in [0.29, 0.717) is 16.2 Å². The second-order valence-corrected chi connectivity index (χ2v) is 8.66. The molecule has 9 nitrogen and oxygen atoms in total. The number of nitrogen functional groups attached to an aromatic ring is 1. The van der Waals surface area contributed by atoms with Crippen LogP contribution in [0.4, 0.5) is 17.5 Å². The molecule has 3 aromatic rings. The van der Waals surface area contributed by atoms with Gasteiger partial charge in [0.2, 0.25) is 5.95 Å². The molecule has 1 amide bonds. The summed E-state index contributed by atoms with van der Waals surface area (Å²) in [5.74, 6) is 0.985. The molecule has 29 heavy (non-hydrogen) atoms. The maximum atomic E-state index is 12.8. The first-order valence-corrected chi connectivity index (χ1v) is 10.7. The maximum Gasteiger partial charge on any atom is 0.264 e. The summed E-state index contributed by atoms with van der Waals surface area (Å²) in [5.41, 5.74) is 12.1. The van der Waals surface area contributed by atoms with Gasteiger partial charge in [0, 0.05) is 17.3 Å². The van der Waals surface area contributed by atoms with Gasteiger partial charge in [0.25, 0.3) is 5.91 Å². The van der Waals surface area contributed by atoms with E-state index in [1.54, 1.807) is 30.5 Å². The molecule has 1 saturated carbocycles. The fourth-order valence-corrected chi connectivity index (χ4v) is 4.99. The molecule has 1 fully saturated rings. The van der Waals surface area contributed by atoms with Crippen LogP contribution in [0.1, 0.15) is 32.1 Å². The molecule has 1 atom stereocenters. The van der Waals surface area contributed by atoms with E-state index in [-0.39, 0.29) is 11.9 Å². The van der Waals surface area contributed by atoms with Crippen LogP contribution in [0, 0.1) is 0 Å². The van der Waals surface area contributed by atoms with Crippen LogP contribution in [0.2, 0.25) is 0 Å². The molecule has 1 spiro atoms. The lowest BCUT2D eigenvalue weighted by molar-refractivity contribution is -0.131. The Kier molecular flexibility index (Phi) is 4.16. The number of amides is 1. The molecule has 150 valence electrons. The van der Waals surface area contributed by atoms with Crippen molar-refractivity contribution in [2.45, 2.75) is 42.5 Å². The number of nitrogens with two attached hydrogens (primary N) is 1. The van der Waals surface area contributed by atoms with Gasteiger partial charge in [-0.1, -0.05) is 19.3 Å². The number of anilines is 3. The molecule has 1 unspecified atom stereocenters. The fourth-order valence-electron chi connectivity index (χ4n) is 4.22. The summed E-state index contributed by atoms with van der Waals surface area (Å²) in [4.78, 5) is 22.3. The van der Waals surface area contributed by atoms with Gasteiger partial charge in [-0.15, -0.1) is 0 Å². The smallest absolute Gasteiger partial charge is 0.264 e. The van der Waals surface area contributed by atoms with Gasteiger partial charge in [0.1, 0.15) is 17.0 Å². The predicted octanol–water partition coefficient (Wildman–Crippen LogP) is 2.26. The lowest BCUT2D eigenvalue weighted by Gasteiger charge is -2.41. The minimum absolute atomic E-state index is 0.0410. The third-order valence-corrected chi connectivity index (χ3v) is 6.72. The largest absolute Gasteiger partial charge is 0.399 e. The number of nitrogens with one attached hydrogen (secondary N) is 3. The first-order valence-electron chi connectivity index (χ1n) is 9.56. The van der Waals surface area contributed by atoms with Gasteiger partial charge in [-0.05, 0) is 43.2 Å². The van der Waals surface area contributed by atoms with Gasteiger partial charge in [-0.2, -0.15) is 4.98 Å². The Morgan fingerprint density at radius 3 is 2.66 bits per heavy atom. The van der Waals surface area contributed by atoms with Gasteiger partial charge in [0.05, 0.1) is 4.90 Å². The number of hydrogen-bond acceptors (Lipinski definition) is 6. The molecule has 3 heterocycles. The van der Waals surface area contributed by atoms with E-state index in [4.69, 9.17) is 5.73 Å². The molecule has 1 aliphatic heterocycles. The van der Waals surface area contributed by atoms with Crippen molar-refractivity contribution in [1.82, 2.24) is 20.0 Å². The number of nitrogens with zero attached hydrogens (tertiary/aromatic N) is 3. The van der Waals surface area contributed by atoms with E-state index >= 15 is 0 Å². The molecular formula is C19H21N7O2S. The summed E-state index contributed by atoms with van der Waals surface area (Å²) in [6.07, 6.45) is 6.31. The van der Waals surface area contributed by atoms with Gasteiger partial charge >= 0.3 is 0 Å². The van der Waals surface area contributed by atoms with E-state index in [0.717, 1.165) is 43.3 Å². The number of carbonyl (C=O) groups excluding carboxylic acids is 1. The van der Waals surface area contributed by atoms with Crippen molar-refractivity contribution in [3.63, 3.8) is 0 Å². The average molecular weight is 411 g/mol. The molecule has 2 aliphatic rings. The number of carbonyl (C=O) groups is 1. The van der Waals surface area contributed by atoms with Crippen molar-refractivity contribution >= 4 is 45.4 Å². The van der Waals surface area contributed by atoms with Crippen LogP contribution in [0.3, 0.4) is 0 Å². The molecule has 5 N–H and O–H groups in total. The Bertz CT molecular complexity index is 1120. The summed E-state index contributed by atoms with van der Waals surface area (Å²) >= 11 is 0. The topological polar surface area (TPSA) is 127 Å². The van der Waals surface area contributed by atoms with Crippen molar-refractivity contribution in [2.24, 2.45) is 0 Å². The van der Waals surface area contributed by atoms with Crippen LogP contribution in [-0.4, -0.2) is 24.7 Å². The van der Waals surface area contributed by atoms with E-state index in [9.17, 15) is 9.00 Å². The van der Waals surface area contributed by atoms with E-state index in [2.05, 4.69) is 25.5 Å². The summed E-state index contributed by atoms with van der Waals surface area (Å²) in [7, 11) is -1.53. The fraction of sp³-hybridized carbons (Fsp3) is 0.316. The predicted molar refractivity (Wildman–Crippen MR) is 111 cm³/mol. The van der Waals surface area contributed by atoms with Crippen molar-refractivity contribution in [3.8, 4) is 0 Å². The highest BCUT2D eigenvalue weighted by Gasteiger charge is 2.46. The molecule has 1 aromatic carbocycles. The minimum Gasteiger partial charge on any atom is -0.399 e. The summed E-state index contributed by atoms with van der Waals surface area (Å²) in [6.45, 7) is 0. The molecule has 0 radical (unpaired) electrons. The average Bonchev–Trinajstić information content (AvgIpc) is 3.11. The van der Waals surface area contributed by atoms with Crippen LogP contribution < -0.4 is 21.3 Å². The van der Waals surface area contributed by atoms with E-state index in [1.807, 2.05) is 10.6 Å². The van der Waals surface area contributed by atoms with Gasteiger partial charge < -0.3 is 5.73 Å². The number of benzene rings is 1. The number of aromatic nitrogens is 3. The number of hydrogen-bond donors (Lipinski definition) is 4. The van der Waals surface area contributed by atoms with Crippen molar-refractivity contribution < 1.29 is 9.00 Å².